The van der Waals surface area contributed by atoms with Crippen LogP contribution in [0.4, 0.5) is 11.5 Å². The van der Waals surface area contributed by atoms with Crippen molar-refractivity contribution in [2.75, 3.05) is 19.4 Å². The molecule has 7 heteroatoms. The maximum atomic E-state index is 12.1. The summed E-state index contributed by atoms with van der Waals surface area (Å²) in [6.07, 6.45) is 4.90. The summed E-state index contributed by atoms with van der Waals surface area (Å²) in [7, 11) is 3.24. The molecular formula is C19H18N6O. The van der Waals surface area contributed by atoms with Crippen LogP contribution in [0.25, 0.3) is 17.1 Å². The van der Waals surface area contributed by atoms with Gasteiger partial charge in [-0.05, 0) is 42.3 Å². The van der Waals surface area contributed by atoms with Crippen LogP contribution < -0.4 is 5.32 Å². The van der Waals surface area contributed by atoms with E-state index in [1.807, 2.05) is 37.3 Å². The largest absolute Gasteiger partial charge is 0.346 e. The topological polar surface area (TPSA) is 97.7 Å². The minimum absolute atomic E-state index is 0.0883. The molecule has 0 aliphatic rings. The zero-order valence-corrected chi connectivity index (χ0v) is 14.7. The predicted molar refractivity (Wildman–Crippen MR) is 101 cm³/mol. The first-order valence-electron chi connectivity index (χ1n) is 7.99. The second kappa shape index (κ2) is 7.07. The highest BCUT2D eigenvalue weighted by Gasteiger charge is 2.12. The normalized spacial score (nSPS) is 11.2. The third-order valence-electron chi connectivity index (χ3n) is 3.95. The third-order valence-corrected chi connectivity index (χ3v) is 3.95. The molecule has 0 aliphatic heterocycles. The molecule has 0 atom stereocenters. The van der Waals surface area contributed by atoms with Crippen molar-refractivity contribution in [1.29, 1.82) is 5.26 Å². The van der Waals surface area contributed by atoms with Gasteiger partial charge in [0.2, 0.25) is 0 Å². The minimum Gasteiger partial charge on any atom is -0.346 e. The summed E-state index contributed by atoms with van der Waals surface area (Å²) in [5, 5.41) is 13.4. The molecule has 3 rings (SSSR count). The number of nitrogens with one attached hydrogen (secondary N) is 2. The Bertz CT molecular complexity index is 1040. The standard InChI is InChI=1S/C19H18N6O/c1-12-4-5-15(9-13(12)8-14(10-20)19(26)25(2)3)24-18-16-6-7-21-17(16)22-11-23-18/h4-9,11H,1-3H3,(H2,21,22,23,24). The summed E-state index contributed by atoms with van der Waals surface area (Å²) in [6.45, 7) is 1.93. The number of nitrogens with zero attached hydrogens (tertiary/aromatic N) is 4. The molecule has 130 valence electrons. The molecule has 7 nitrogen and oxygen atoms in total. The lowest BCUT2D eigenvalue weighted by Gasteiger charge is -2.11. The van der Waals surface area contributed by atoms with Crippen LogP contribution in [0.5, 0.6) is 0 Å². The molecular weight excluding hydrogens is 328 g/mol. The van der Waals surface area contributed by atoms with Gasteiger partial charge in [0.25, 0.3) is 5.91 Å². The van der Waals surface area contributed by atoms with Crippen molar-refractivity contribution in [3.05, 3.63) is 53.5 Å². The first-order chi connectivity index (χ1) is 12.5. The highest BCUT2D eigenvalue weighted by Crippen LogP contribution is 2.25. The number of nitriles is 1. The Labute approximate surface area is 151 Å². The number of anilines is 2. The molecule has 0 fully saturated rings. The van der Waals surface area contributed by atoms with Crippen molar-refractivity contribution in [2.45, 2.75) is 6.92 Å². The van der Waals surface area contributed by atoms with E-state index >= 15 is 0 Å². The number of likely N-dealkylation sites (N-methyl/N-ethyl adjacent to an activating group) is 1. The molecule has 2 heterocycles. The number of aryl methyl sites for hydroxylation is 1. The van der Waals surface area contributed by atoms with Gasteiger partial charge in [-0.1, -0.05) is 6.07 Å². The molecule has 2 N–H and O–H groups in total. The molecule has 0 radical (unpaired) electrons. The summed E-state index contributed by atoms with van der Waals surface area (Å²) in [6, 6.07) is 9.61. The first-order valence-corrected chi connectivity index (χ1v) is 7.99. The quantitative estimate of drug-likeness (QED) is 0.559. The van der Waals surface area contributed by atoms with Gasteiger partial charge in [0, 0.05) is 26.0 Å². The fourth-order valence-electron chi connectivity index (χ4n) is 2.52. The fourth-order valence-corrected chi connectivity index (χ4v) is 2.52. The summed E-state index contributed by atoms with van der Waals surface area (Å²) in [4.78, 5) is 25.0. The van der Waals surface area contributed by atoms with Crippen molar-refractivity contribution in [3.63, 3.8) is 0 Å². The molecule has 0 aliphatic carbocycles. The number of carbonyl (C=O) groups excluding carboxylic acids is 1. The summed E-state index contributed by atoms with van der Waals surface area (Å²) in [5.74, 6) is 0.356. The maximum absolute atomic E-state index is 12.1. The first kappa shape index (κ1) is 17.2. The Kier molecular flexibility index (Phi) is 4.67. The van der Waals surface area contributed by atoms with Gasteiger partial charge in [-0.3, -0.25) is 4.79 Å². The van der Waals surface area contributed by atoms with E-state index in [4.69, 9.17) is 0 Å². The molecule has 0 spiro atoms. The van der Waals surface area contributed by atoms with Crippen molar-refractivity contribution in [3.8, 4) is 6.07 Å². The molecule has 0 unspecified atom stereocenters. The van der Waals surface area contributed by atoms with Crippen LogP contribution in [0.2, 0.25) is 0 Å². The SMILES string of the molecule is Cc1ccc(Nc2ncnc3[nH]ccc23)cc1C=C(C#N)C(=O)N(C)C. The van der Waals surface area contributed by atoms with E-state index in [1.54, 1.807) is 26.4 Å². The Morgan fingerprint density at radius 2 is 2.12 bits per heavy atom. The van der Waals surface area contributed by atoms with Crippen molar-refractivity contribution in [2.24, 2.45) is 0 Å². The van der Waals surface area contributed by atoms with E-state index in [0.29, 0.717) is 5.82 Å². The van der Waals surface area contributed by atoms with E-state index in [-0.39, 0.29) is 11.5 Å². The highest BCUT2D eigenvalue weighted by atomic mass is 16.2. The number of aromatic nitrogens is 3. The van der Waals surface area contributed by atoms with Crippen LogP contribution in [0.1, 0.15) is 11.1 Å². The second-order valence-electron chi connectivity index (χ2n) is 6.03. The molecule has 0 saturated carbocycles. The molecule has 26 heavy (non-hydrogen) atoms. The zero-order chi connectivity index (χ0) is 18.7. The van der Waals surface area contributed by atoms with Gasteiger partial charge >= 0.3 is 0 Å². The van der Waals surface area contributed by atoms with Crippen LogP contribution in [-0.4, -0.2) is 39.9 Å². The number of hydrogen-bond donors (Lipinski definition) is 2. The van der Waals surface area contributed by atoms with Gasteiger partial charge in [0.15, 0.2) is 0 Å². The second-order valence-corrected chi connectivity index (χ2v) is 6.03. The average Bonchev–Trinajstić information content (AvgIpc) is 3.11. The molecule has 1 aromatic carbocycles. The Hall–Kier alpha value is -3.66. The highest BCUT2D eigenvalue weighted by molar-refractivity contribution is 6.01. The Morgan fingerprint density at radius 1 is 1.31 bits per heavy atom. The summed E-state index contributed by atoms with van der Waals surface area (Å²) >= 11 is 0. The van der Waals surface area contributed by atoms with Gasteiger partial charge < -0.3 is 15.2 Å². The average molecular weight is 346 g/mol. The number of carbonyl (C=O) groups is 1. The van der Waals surface area contributed by atoms with Crippen LogP contribution in [0.3, 0.4) is 0 Å². The predicted octanol–water partition coefficient (Wildman–Crippen LogP) is 3.01. The lowest BCUT2D eigenvalue weighted by atomic mass is 10.0. The zero-order valence-electron chi connectivity index (χ0n) is 14.7. The number of fused-ring (bicyclic) bond motifs is 1. The molecule has 1 amide bonds. The van der Waals surface area contributed by atoms with Crippen molar-refractivity contribution in [1.82, 2.24) is 19.9 Å². The summed E-state index contributed by atoms with van der Waals surface area (Å²) in [5.41, 5.74) is 3.39. The third kappa shape index (κ3) is 3.39. The Morgan fingerprint density at radius 3 is 2.85 bits per heavy atom. The number of aromatic amines is 1. The van der Waals surface area contributed by atoms with Crippen LogP contribution >= 0.6 is 0 Å². The monoisotopic (exact) mass is 346 g/mol. The van der Waals surface area contributed by atoms with Gasteiger partial charge in [-0.2, -0.15) is 5.26 Å². The van der Waals surface area contributed by atoms with Crippen LogP contribution in [-0.2, 0) is 4.79 Å². The maximum Gasteiger partial charge on any atom is 0.264 e. The van der Waals surface area contributed by atoms with Crippen LogP contribution in [0, 0.1) is 18.3 Å². The van der Waals surface area contributed by atoms with Gasteiger partial charge in [-0.25, -0.2) is 9.97 Å². The van der Waals surface area contributed by atoms with Crippen LogP contribution in [0.15, 0.2) is 42.4 Å². The van der Waals surface area contributed by atoms with E-state index < -0.39 is 0 Å². The fraction of sp³-hybridized carbons (Fsp3) is 0.158. The lowest BCUT2D eigenvalue weighted by molar-refractivity contribution is -0.124. The number of rotatable bonds is 4. The number of H-pyrrole nitrogens is 1. The van der Waals surface area contributed by atoms with E-state index in [1.165, 1.54) is 11.2 Å². The minimum atomic E-state index is -0.324. The molecule has 0 saturated heterocycles. The van der Waals surface area contributed by atoms with Crippen molar-refractivity contribution < 1.29 is 4.79 Å². The van der Waals surface area contributed by atoms with E-state index in [9.17, 15) is 10.1 Å². The van der Waals surface area contributed by atoms with Gasteiger partial charge in [-0.15, -0.1) is 0 Å². The van der Waals surface area contributed by atoms with E-state index in [2.05, 4.69) is 20.3 Å². The van der Waals surface area contributed by atoms with Gasteiger partial charge in [0.1, 0.15) is 29.4 Å². The van der Waals surface area contributed by atoms with Crippen molar-refractivity contribution >= 4 is 34.5 Å². The smallest absolute Gasteiger partial charge is 0.264 e. The lowest BCUT2D eigenvalue weighted by Crippen LogP contribution is -2.22. The number of amides is 1. The number of hydrogen-bond acceptors (Lipinski definition) is 5. The van der Waals surface area contributed by atoms with Gasteiger partial charge in [0.05, 0.1) is 5.39 Å². The Balaban J connectivity index is 1.97. The molecule has 0 bridgehead atoms. The van der Waals surface area contributed by atoms with E-state index in [0.717, 1.165) is 27.8 Å². The summed E-state index contributed by atoms with van der Waals surface area (Å²) < 4.78 is 0. The molecule has 3 aromatic rings. The molecule has 2 aromatic heterocycles. The number of benzene rings is 1.